The zero-order chi connectivity index (χ0) is 9.72. The Bertz CT molecular complexity index is 185. The summed E-state index contributed by atoms with van der Waals surface area (Å²) >= 11 is 0. The van der Waals surface area contributed by atoms with Crippen molar-refractivity contribution in [2.45, 2.75) is 34.6 Å². The Morgan fingerprint density at radius 3 is 1.83 bits per heavy atom. The van der Waals surface area contributed by atoms with Gasteiger partial charge in [-0.15, -0.1) is 8.20 Å². The first-order valence-corrected chi connectivity index (χ1v) is 6.04. The summed E-state index contributed by atoms with van der Waals surface area (Å²) in [5.74, 6) is 3.68. The highest BCUT2D eigenvalue weighted by molar-refractivity contribution is 7.38. The number of hydrogen-bond donors (Lipinski definition) is 0. The molecule has 0 aliphatic rings. The van der Waals surface area contributed by atoms with Gasteiger partial charge in [0.2, 0.25) is 0 Å². The van der Waals surface area contributed by atoms with Crippen LogP contribution in [0.5, 0.6) is 0 Å². The molecular weight excluding hydrogens is 163 g/mol. The van der Waals surface area contributed by atoms with Gasteiger partial charge < -0.3 is 0 Å². The van der Waals surface area contributed by atoms with Crippen LogP contribution in [0.3, 0.4) is 0 Å². The standard InChI is InChI=1S/C11H21P/c1-8(2)10(5)11(7-12-6)9(3)4/h7-9H,1-6H3/b11-10-. The maximum Gasteiger partial charge on any atom is -0.0216 e. The Kier molecular flexibility index (Phi) is 5.50. The lowest BCUT2D eigenvalue weighted by Crippen LogP contribution is -2.02. The molecule has 70 valence electrons. The van der Waals surface area contributed by atoms with Crippen LogP contribution in [0.1, 0.15) is 34.6 Å². The first-order valence-electron chi connectivity index (χ1n) is 4.63. The van der Waals surface area contributed by atoms with Crippen molar-refractivity contribution in [2.75, 3.05) is 6.66 Å². The van der Waals surface area contributed by atoms with Gasteiger partial charge in [0.1, 0.15) is 0 Å². The maximum absolute atomic E-state index is 2.33. The molecule has 0 heterocycles. The van der Waals surface area contributed by atoms with Crippen LogP contribution in [-0.4, -0.2) is 12.5 Å². The van der Waals surface area contributed by atoms with E-state index in [1.54, 1.807) is 5.57 Å². The molecule has 0 radical (unpaired) electrons. The molecule has 0 atom stereocenters. The first-order chi connectivity index (χ1) is 5.50. The van der Waals surface area contributed by atoms with Crippen LogP contribution in [0.2, 0.25) is 0 Å². The van der Waals surface area contributed by atoms with Crippen LogP contribution in [0, 0.1) is 11.8 Å². The Hall–Kier alpha value is -0.0900. The number of hydrogen-bond acceptors (Lipinski definition) is 0. The fourth-order valence-electron chi connectivity index (χ4n) is 1.18. The van der Waals surface area contributed by atoms with Crippen LogP contribution >= 0.6 is 8.20 Å². The zero-order valence-electron chi connectivity index (χ0n) is 9.18. The van der Waals surface area contributed by atoms with Crippen molar-refractivity contribution in [2.24, 2.45) is 11.8 Å². The van der Waals surface area contributed by atoms with E-state index in [4.69, 9.17) is 0 Å². The molecule has 0 N–H and O–H groups in total. The third kappa shape index (κ3) is 3.54. The van der Waals surface area contributed by atoms with Gasteiger partial charge in [0.05, 0.1) is 0 Å². The van der Waals surface area contributed by atoms with Crippen molar-refractivity contribution in [3.05, 3.63) is 11.1 Å². The topological polar surface area (TPSA) is 0 Å². The molecule has 0 saturated heterocycles. The molecule has 0 aromatic heterocycles. The summed E-state index contributed by atoms with van der Waals surface area (Å²) in [4.78, 5) is 0. The van der Waals surface area contributed by atoms with Gasteiger partial charge in [-0.2, -0.15) is 0 Å². The Morgan fingerprint density at radius 2 is 1.58 bits per heavy atom. The van der Waals surface area contributed by atoms with Gasteiger partial charge in [-0.1, -0.05) is 33.3 Å². The lowest BCUT2D eigenvalue weighted by atomic mass is 9.93. The van der Waals surface area contributed by atoms with E-state index in [0.717, 1.165) is 0 Å². The van der Waals surface area contributed by atoms with Crippen molar-refractivity contribution in [1.29, 1.82) is 0 Å². The average Bonchev–Trinajstić information content (AvgIpc) is 1.98. The zero-order valence-corrected chi connectivity index (χ0v) is 10.1. The molecule has 0 aliphatic carbocycles. The van der Waals surface area contributed by atoms with E-state index in [2.05, 4.69) is 47.1 Å². The minimum absolute atomic E-state index is 0.667. The van der Waals surface area contributed by atoms with E-state index in [0.29, 0.717) is 11.8 Å². The molecule has 12 heavy (non-hydrogen) atoms. The Morgan fingerprint density at radius 1 is 1.08 bits per heavy atom. The third-order valence-electron chi connectivity index (χ3n) is 2.21. The van der Waals surface area contributed by atoms with Crippen LogP contribution < -0.4 is 0 Å². The summed E-state index contributed by atoms with van der Waals surface area (Å²) in [6.07, 6.45) is 0. The molecule has 0 amide bonds. The van der Waals surface area contributed by atoms with Crippen molar-refractivity contribution in [3.63, 3.8) is 0 Å². The summed E-state index contributed by atoms with van der Waals surface area (Å²) in [6.45, 7) is 13.5. The van der Waals surface area contributed by atoms with Gasteiger partial charge >= 0.3 is 0 Å². The van der Waals surface area contributed by atoms with Gasteiger partial charge in [-0.25, -0.2) is 0 Å². The van der Waals surface area contributed by atoms with Gasteiger partial charge in [-0.3, -0.25) is 0 Å². The monoisotopic (exact) mass is 184 g/mol. The molecule has 0 spiro atoms. The van der Waals surface area contributed by atoms with Crippen LogP contribution in [0.25, 0.3) is 0 Å². The summed E-state index contributed by atoms with van der Waals surface area (Å²) < 4.78 is 0. The van der Waals surface area contributed by atoms with Crippen LogP contribution in [0.4, 0.5) is 0 Å². The van der Waals surface area contributed by atoms with E-state index in [1.165, 1.54) is 13.8 Å². The van der Waals surface area contributed by atoms with Gasteiger partial charge in [0, 0.05) is 0 Å². The molecule has 1 heteroatoms. The van der Waals surface area contributed by atoms with Gasteiger partial charge in [-0.05, 0) is 36.8 Å². The molecule has 0 nitrogen and oxygen atoms in total. The first kappa shape index (κ1) is 11.9. The molecule has 0 aromatic rings. The van der Waals surface area contributed by atoms with E-state index in [1.807, 2.05) is 0 Å². The van der Waals surface area contributed by atoms with Crippen molar-refractivity contribution in [1.82, 2.24) is 0 Å². The van der Waals surface area contributed by atoms with Crippen LogP contribution in [-0.2, 0) is 0 Å². The third-order valence-corrected chi connectivity index (χ3v) is 2.75. The highest BCUT2D eigenvalue weighted by Crippen LogP contribution is 2.20. The van der Waals surface area contributed by atoms with Gasteiger partial charge in [0.25, 0.3) is 0 Å². The van der Waals surface area contributed by atoms with E-state index in [9.17, 15) is 0 Å². The quantitative estimate of drug-likeness (QED) is 0.582. The summed E-state index contributed by atoms with van der Waals surface area (Å²) in [7, 11) is 1.37. The Balaban J connectivity index is 4.80. The summed E-state index contributed by atoms with van der Waals surface area (Å²) in [5.41, 5.74) is 3.08. The molecule has 0 aliphatic heterocycles. The van der Waals surface area contributed by atoms with Crippen molar-refractivity contribution >= 4 is 14.0 Å². The van der Waals surface area contributed by atoms with E-state index in [-0.39, 0.29) is 0 Å². The smallest absolute Gasteiger partial charge is 0.0216 e. The average molecular weight is 184 g/mol. The lowest BCUT2D eigenvalue weighted by molar-refractivity contribution is 0.717. The number of rotatable bonds is 3. The fourth-order valence-corrected chi connectivity index (χ4v) is 1.96. The van der Waals surface area contributed by atoms with Crippen LogP contribution in [0.15, 0.2) is 11.1 Å². The van der Waals surface area contributed by atoms with E-state index < -0.39 is 0 Å². The molecule has 0 bridgehead atoms. The van der Waals surface area contributed by atoms with Crippen molar-refractivity contribution < 1.29 is 0 Å². The lowest BCUT2D eigenvalue weighted by Gasteiger charge is -2.14. The molecular formula is C11H21P. The summed E-state index contributed by atoms with van der Waals surface area (Å²) in [6, 6.07) is 0. The Labute approximate surface area is 78.9 Å². The normalized spacial score (nSPS) is 14.7. The SMILES string of the molecule is CP=C/C(=C(\C)C(C)C)C(C)C. The second kappa shape index (κ2) is 5.54. The van der Waals surface area contributed by atoms with E-state index >= 15 is 0 Å². The predicted molar refractivity (Wildman–Crippen MR) is 61.3 cm³/mol. The number of allylic oxidation sites excluding steroid dienone is 2. The summed E-state index contributed by atoms with van der Waals surface area (Å²) in [5, 5.41) is 0. The molecule has 0 fully saturated rings. The second-order valence-corrected chi connectivity index (χ2v) is 4.61. The largest absolute Gasteiger partial charge is 0.108 e. The minimum atomic E-state index is 0.667. The molecule has 0 saturated carbocycles. The molecule has 0 unspecified atom stereocenters. The maximum atomic E-state index is 2.33. The minimum Gasteiger partial charge on any atom is -0.108 e. The fraction of sp³-hybridized carbons (Fsp3) is 0.727. The molecule has 0 rings (SSSR count). The predicted octanol–water partition coefficient (Wildman–Crippen LogP) is 3.99. The highest BCUT2D eigenvalue weighted by atomic mass is 31.1. The molecule has 0 aromatic carbocycles. The highest BCUT2D eigenvalue weighted by Gasteiger charge is 2.06. The second-order valence-electron chi connectivity index (χ2n) is 3.84. The van der Waals surface area contributed by atoms with Crippen molar-refractivity contribution in [3.8, 4) is 0 Å². The van der Waals surface area contributed by atoms with Gasteiger partial charge in [0.15, 0.2) is 0 Å².